The number of aromatic nitrogens is 2. The monoisotopic (exact) mass is 530 g/mol. The van der Waals surface area contributed by atoms with Crippen LogP contribution in [-0.2, 0) is 0 Å². The summed E-state index contributed by atoms with van der Waals surface area (Å²) in [4.78, 5) is 5.29. The molecule has 0 aliphatic rings. The number of pyridine rings is 1. The van der Waals surface area contributed by atoms with Crippen molar-refractivity contribution in [3.05, 3.63) is 157 Å². The Morgan fingerprint density at radius 3 is 1.73 bits per heavy atom. The van der Waals surface area contributed by atoms with Crippen LogP contribution in [0.25, 0.3) is 27.5 Å². The summed E-state index contributed by atoms with van der Waals surface area (Å²) in [5.41, 5.74) is 5.91. The molecule has 0 spiro atoms. The van der Waals surface area contributed by atoms with Gasteiger partial charge in [-0.3, -0.25) is 4.98 Å². The molecule has 5 aromatic carbocycles. The Balaban J connectivity index is 1.62. The van der Waals surface area contributed by atoms with Crippen LogP contribution in [0.2, 0.25) is 0 Å². The Hall–Kier alpha value is -4.73. The molecule has 2 heterocycles. The van der Waals surface area contributed by atoms with Gasteiger partial charge in [-0.1, -0.05) is 109 Å². The van der Waals surface area contributed by atoms with Gasteiger partial charge in [-0.2, -0.15) is 0 Å². The molecule has 0 unspecified atom stereocenters. The number of nitrogens with zero attached hydrogens (tertiary/aromatic N) is 2. The van der Waals surface area contributed by atoms with E-state index < -0.39 is 8.07 Å². The first-order valence-corrected chi connectivity index (χ1v) is 15.8. The molecule has 0 bridgehead atoms. The van der Waals surface area contributed by atoms with Crippen LogP contribution >= 0.6 is 0 Å². The van der Waals surface area contributed by atoms with Crippen molar-refractivity contribution in [2.45, 2.75) is 13.8 Å². The minimum atomic E-state index is -2.76. The maximum atomic E-state index is 5.29. The summed E-state index contributed by atoms with van der Waals surface area (Å²) < 4.78 is 2.39. The van der Waals surface area contributed by atoms with Gasteiger partial charge in [0.05, 0.1) is 11.0 Å². The third-order valence-corrected chi connectivity index (χ3v) is 12.6. The van der Waals surface area contributed by atoms with E-state index in [2.05, 4.69) is 164 Å². The Labute approximate surface area is 236 Å². The van der Waals surface area contributed by atoms with Crippen LogP contribution in [0.1, 0.15) is 11.3 Å². The minimum Gasteiger partial charge on any atom is -0.309 e. The number of hydrogen-bond donors (Lipinski definition) is 0. The van der Waals surface area contributed by atoms with E-state index in [0.717, 1.165) is 5.69 Å². The lowest BCUT2D eigenvalue weighted by molar-refractivity contribution is 1.18. The Morgan fingerprint density at radius 1 is 0.500 bits per heavy atom. The van der Waals surface area contributed by atoms with E-state index in [1.807, 2.05) is 0 Å². The zero-order valence-electron chi connectivity index (χ0n) is 22.8. The van der Waals surface area contributed by atoms with Gasteiger partial charge in [0.15, 0.2) is 0 Å². The molecule has 0 atom stereocenters. The zero-order chi connectivity index (χ0) is 27.1. The molecule has 0 aliphatic carbocycles. The van der Waals surface area contributed by atoms with Gasteiger partial charge in [0.2, 0.25) is 8.07 Å². The van der Waals surface area contributed by atoms with Crippen LogP contribution in [0.4, 0.5) is 0 Å². The fourth-order valence-corrected chi connectivity index (χ4v) is 11.2. The maximum Gasteiger partial charge on any atom is 0.201 e. The van der Waals surface area contributed by atoms with Gasteiger partial charge >= 0.3 is 0 Å². The van der Waals surface area contributed by atoms with Crippen molar-refractivity contribution < 1.29 is 0 Å². The van der Waals surface area contributed by atoms with Crippen molar-refractivity contribution in [2.24, 2.45) is 0 Å². The molecule has 192 valence electrons. The fourth-order valence-electron chi connectivity index (χ4n) is 6.41. The quantitative estimate of drug-likeness (QED) is 0.192. The van der Waals surface area contributed by atoms with E-state index >= 15 is 0 Å². The summed E-state index contributed by atoms with van der Waals surface area (Å²) in [5, 5.41) is 7.72. The number of benzene rings is 5. The first-order chi connectivity index (χ1) is 19.7. The van der Waals surface area contributed by atoms with Crippen molar-refractivity contribution in [1.29, 1.82) is 0 Å². The third-order valence-electron chi connectivity index (χ3n) is 8.02. The maximum absolute atomic E-state index is 5.29. The average molecular weight is 531 g/mol. The van der Waals surface area contributed by atoms with Crippen LogP contribution in [0.3, 0.4) is 0 Å². The minimum absolute atomic E-state index is 1.06. The lowest BCUT2D eigenvalue weighted by Gasteiger charge is -2.33. The molecule has 0 saturated heterocycles. The standard InChI is InChI=1S/C37H30N2Si/c1-27-24-28(2)38-37(25-27)40(30-16-8-4-9-17-30,31-18-10-5-11-19-31)32-22-23-36-34(26-32)33-20-12-13-21-35(33)39(36)29-14-6-3-7-15-29/h3-26H,1-2H3. The second-order valence-corrected chi connectivity index (χ2v) is 14.3. The van der Waals surface area contributed by atoms with Crippen molar-refractivity contribution >= 4 is 50.8 Å². The highest BCUT2D eigenvalue weighted by Crippen LogP contribution is 2.31. The highest BCUT2D eigenvalue weighted by Gasteiger charge is 2.43. The fraction of sp³-hybridized carbons (Fsp3) is 0.0541. The number of fused-ring (bicyclic) bond motifs is 3. The molecule has 40 heavy (non-hydrogen) atoms. The van der Waals surface area contributed by atoms with Crippen LogP contribution in [0.5, 0.6) is 0 Å². The molecular formula is C37H30N2Si. The topological polar surface area (TPSA) is 17.8 Å². The van der Waals surface area contributed by atoms with Gasteiger partial charge in [0.25, 0.3) is 0 Å². The normalized spacial score (nSPS) is 11.8. The molecule has 0 aliphatic heterocycles. The smallest absolute Gasteiger partial charge is 0.201 e. The summed E-state index contributed by atoms with van der Waals surface area (Å²) >= 11 is 0. The summed E-state index contributed by atoms with van der Waals surface area (Å²) in [7, 11) is -2.76. The van der Waals surface area contributed by atoms with E-state index in [0.29, 0.717) is 0 Å². The van der Waals surface area contributed by atoms with Gasteiger partial charge in [0.1, 0.15) is 0 Å². The summed E-state index contributed by atoms with van der Waals surface area (Å²) in [6, 6.07) is 53.2. The highest BCUT2D eigenvalue weighted by molar-refractivity contribution is 7.19. The zero-order valence-corrected chi connectivity index (χ0v) is 23.8. The van der Waals surface area contributed by atoms with E-state index in [4.69, 9.17) is 4.98 Å². The lowest BCUT2D eigenvalue weighted by Crippen LogP contribution is -2.75. The van der Waals surface area contributed by atoms with Gasteiger partial charge < -0.3 is 4.57 Å². The largest absolute Gasteiger partial charge is 0.309 e. The van der Waals surface area contributed by atoms with Gasteiger partial charge in [-0.15, -0.1) is 0 Å². The molecular weight excluding hydrogens is 501 g/mol. The summed E-state index contributed by atoms with van der Waals surface area (Å²) in [6.45, 7) is 4.30. The van der Waals surface area contributed by atoms with Crippen molar-refractivity contribution in [2.75, 3.05) is 0 Å². The molecule has 0 amide bonds. The SMILES string of the molecule is Cc1cc(C)nc([Si](c2ccccc2)(c2ccccc2)c2ccc3c(c2)c2ccccc2n3-c2ccccc2)c1. The molecule has 0 radical (unpaired) electrons. The highest BCUT2D eigenvalue weighted by atomic mass is 28.3. The van der Waals surface area contributed by atoms with Crippen molar-refractivity contribution in [3.63, 3.8) is 0 Å². The summed E-state index contributed by atoms with van der Waals surface area (Å²) in [5.74, 6) is 0. The van der Waals surface area contributed by atoms with E-state index in [1.54, 1.807) is 0 Å². The molecule has 0 N–H and O–H groups in total. The van der Waals surface area contributed by atoms with Crippen molar-refractivity contribution in [3.8, 4) is 5.69 Å². The predicted molar refractivity (Wildman–Crippen MR) is 172 cm³/mol. The average Bonchev–Trinajstić information content (AvgIpc) is 3.33. The third kappa shape index (κ3) is 3.82. The molecule has 0 saturated carbocycles. The van der Waals surface area contributed by atoms with E-state index in [1.165, 1.54) is 53.9 Å². The first-order valence-electron chi connectivity index (χ1n) is 13.8. The van der Waals surface area contributed by atoms with Crippen LogP contribution in [0, 0.1) is 13.8 Å². The number of aryl methyl sites for hydroxylation is 2. The number of para-hydroxylation sites is 2. The first kappa shape index (κ1) is 24.3. The second-order valence-electron chi connectivity index (χ2n) is 10.6. The molecule has 0 fully saturated rings. The van der Waals surface area contributed by atoms with Crippen molar-refractivity contribution in [1.82, 2.24) is 9.55 Å². The van der Waals surface area contributed by atoms with Crippen LogP contribution in [-0.4, -0.2) is 17.6 Å². The molecule has 2 aromatic heterocycles. The van der Waals surface area contributed by atoms with Gasteiger partial charge in [-0.25, -0.2) is 0 Å². The van der Waals surface area contributed by atoms with E-state index in [9.17, 15) is 0 Å². The Morgan fingerprint density at radius 2 is 1.07 bits per heavy atom. The van der Waals surface area contributed by atoms with Gasteiger partial charge in [-0.05, 0) is 71.4 Å². The van der Waals surface area contributed by atoms with E-state index in [-0.39, 0.29) is 0 Å². The van der Waals surface area contributed by atoms with Crippen LogP contribution < -0.4 is 20.9 Å². The lowest BCUT2D eigenvalue weighted by atomic mass is 10.1. The number of rotatable bonds is 5. The molecule has 7 rings (SSSR count). The molecule has 3 heteroatoms. The summed E-state index contributed by atoms with van der Waals surface area (Å²) in [6.07, 6.45) is 0. The van der Waals surface area contributed by atoms with Crippen LogP contribution in [0.15, 0.2) is 146 Å². The Bertz CT molecular complexity index is 1900. The predicted octanol–water partition coefficient (Wildman–Crippen LogP) is 6.17. The Kier molecular flexibility index (Phi) is 5.95. The second kappa shape index (κ2) is 9.78. The molecule has 2 nitrogen and oxygen atoms in total. The molecule has 7 aromatic rings. The number of hydrogen-bond acceptors (Lipinski definition) is 1. The van der Waals surface area contributed by atoms with Gasteiger partial charge in [0, 0.05) is 27.5 Å².